The summed E-state index contributed by atoms with van der Waals surface area (Å²) in [5, 5.41) is 28.8. The van der Waals surface area contributed by atoms with Gasteiger partial charge in [-0.1, -0.05) is 6.07 Å². The van der Waals surface area contributed by atoms with E-state index in [2.05, 4.69) is 4.90 Å². The average Bonchev–Trinajstić information content (AvgIpc) is 3.54. The molecule has 1 aromatic rings. The summed E-state index contributed by atoms with van der Waals surface area (Å²) in [6, 6.07) is 2.91. The highest BCUT2D eigenvalue weighted by atomic mass is 32.2. The Balaban J connectivity index is 1.34. The fourth-order valence-electron chi connectivity index (χ4n) is 4.21. The highest BCUT2D eigenvalue weighted by molar-refractivity contribution is 7.99. The van der Waals surface area contributed by atoms with Crippen LogP contribution in [0.2, 0.25) is 5.82 Å². The highest BCUT2D eigenvalue weighted by Gasteiger charge is 2.54. The molecule has 9 nitrogen and oxygen atoms in total. The molecule has 2 fully saturated rings. The lowest BCUT2D eigenvalue weighted by Crippen LogP contribution is -2.54. The molecule has 0 radical (unpaired) electrons. The topological polar surface area (TPSA) is 137 Å². The van der Waals surface area contributed by atoms with E-state index in [1.807, 2.05) is 12.1 Å². The molecule has 1 amide bonds. The third-order valence-electron chi connectivity index (χ3n) is 6.07. The minimum atomic E-state index is -1.05. The summed E-state index contributed by atoms with van der Waals surface area (Å²) in [5.41, 5.74) is 6.62. The third kappa shape index (κ3) is 4.17. The van der Waals surface area contributed by atoms with Gasteiger partial charge in [0.05, 0.1) is 6.61 Å². The molecule has 30 heavy (non-hydrogen) atoms. The number of fused-ring (bicyclic) bond motifs is 3. The molecular formula is C19H26BN3O6S. The molecule has 0 aromatic heterocycles. The Morgan fingerprint density at radius 3 is 2.70 bits per heavy atom. The van der Waals surface area contributed by atoms with Gasteiger partial charge in [0.15, 0.2) is 0 Å². The first kappa shape index (κ1) is 21.4. The number of carboxylic acids is 1. The number of piperazine rings is 1. The van der Waals surface area contributed by atoms with Crippen molar-refractivity contribution in [2.45, 2.75) is 29.1 Å². The number of carbonyl (C=O) groups is 2. The van der Waals surface area contributed by atoms with Crippen molar-refractivity contribution < 1.29 is 29.5 Å². The van der Waals surface area contributed by atoms with E-state index < -0.39 is 19.1 Å². The molecule has 3 aliphatic rings. The van der Waals surface area contributed by atoms with Gasteiger partial charge in [-0.25, -0.2) is 4.79 Å². The number of carbonyl (C=O) groups excluding carboxylic acids is 1. The Morgan fingerprint density at radius 2 is 2.03 bits per heavy atom. The molecule has 2 heterocycles. The zero-order valence-corrected chi connectivity index (χ0v) is 17.4. The number of amides is 1. The van der Waals surface area contributed by atoms with Gasteiger partial charge in [-0.15, -0.1) is 11.8 Å². The zero-order valence-electron chi connectivity index (χ0n) is 16.6. The van der Waals surface area contributed by atoms with E-state index in [-0.39, 0.29) is 29.8 Å². The molecule has 4 rings (SSSR count). The fourth-order valence-corrected chi connectivity index (χ4v) is 5.27. The second kappa shape index (κ2) is 8.76. The SMILES string of the molecule is N[C@H](CO)C(=O)N1CCN(CCSc2ccc3c(c2C(=O)O)OB(O)C2CC32)CC1. The van der Waals surface area contributed by atoms with Crippen molar-refractivity contribution in [3.63, 3.8) is 0 Å². The highest BCUT2D eigenvalue weighted by Crippen LogP contribution is 2.60. The quantitative estimate of drug-likeness (QED) is 0.335. The number of benzene rings is 1. The molecule has 0 spiro atoms. The number of hydrogen-bond donors (Lipinski definition) is 4. The van der Waals surface area contributed by atoms with Gasteiger partial charge in [-0.2, -0.15) is 0 Å². The van der Waals surface area contributed by atoms with Gasteiger partial charge in [-0.3, -0.25) is 9.69 Å². The number of aliphatic hydroxyl groups is 1. The maximum Gasteiger partial charge on any atom is 0.526 e. The van der Waals surface area contributed by atoms with Gasteiger partial charge >= 0.3 is 13.1 Å². The Kier molecular flexibility index (Phi) is 6.26. The van der Waals surface area contributed by atoms with Crippen LogP contribution in [0.15, 0.2) is 17.0 Å². The van der Waals surface area contributed by atoms with Gasteiger partial charge < -0.3 is 30.5 Å². The van der Waals surface area contributed by atoms with E-state index >= 15 is 0 Å². The van der Waals surface area contributed by atoms with Crippen molar-refractivity contribution in [1.29, 1.82) is 0 Å². The Bertz CT molecular complexity index is 835. The van der Waals surface area contributed by atoms with Gasteiger partial charge in [0.1, 0.15) is 17.4 Å². The third-order valence-corrected chi connectivity index (χ3v) is 7.11. The predicted molar refractivity (Wildman–Crippen MR) is 112 cm³/mol. The number of aliphatic hydroxyl groups excluding tert-OH is 1. The van der Waals surface area contributed by atoms with Crippen LogP contribution in [-0.2, 0) is 4.79 Å². The molecule has 5 N–H and O–H groups in total. The number of aromatic carboxylic acids is 1. The zero-order chi connectivity index (χ0) is 21.4. The van der Waals surface area contributed by atoms with Crippen molar-refractivity contribution in [3.8, 4) is 5.75 Å². The summed E-state index contributed by atoms with van der Waals surface area (Å²) in [5.74, 6) is -0.00234. The smallest absolute Gasteiger partial charge is 0.526 e. The molecule has 162 valence electrons. The Labute approximate surface area is 179 Å². The van der Waals surface area contributed by atoms with Crippen molar-refractivity contribution in [2.24, 2.45) is 5.73 Å². The summed E-state index contributed by atoms with van der Waals surface area (Å²) >= 11 is 1.46. The summed E-state index contributed by atoms with van der Waals surface area (Å²) < 4.78 is 5.56. The van der Waals surface area contributed by atoms with E-state index in [0.717, 1.165) is 18.5 Å². The van der Waals surface area contributed by atoms with Crippen LogP contribution in [0.3, 0.4) is 0 Å². The second-order valence-electron chi connectivity index (χ2n) is 7.98. The molecule has 1 saturated heterocycles. The normalized spacial score (nSPS) is 24.0. The Hall–Kier alpha value is -1.79. The maximum atomic E-state index is 12.0. The Morgan fingerprint density at radius 1 is 1.30 bits per heavy atom. The number of nitrogens with zero attached hydrogens (tertiary/aromatic N) is 2. The molecule has 2 unspecified atom stereocenters. The van der Waals surface area contributed by atoms with E-state index in [9.17, 15) is 19.7 Å². The summed E-state index contributed by atoms with van der Waals surface area (Å²) in [6.45, 7) is 2.93. The van der Waals surface area contributed by atoms with Crippen LogP contribution in [0, 0.1) is 0 Å². The van der Waals surface area contributed by atoms with Crippen LogP contribution in [0.25, 0.3) is 0 Å². The van der Waals surface area contributed by atoms with Crippen molar-refractivity contribution in [1.82, 2.24) is 9.80 Å². The lowest BCUT2D eigenvalue weighted by Gasteiger charge is -2.35. The van der Waals surface area contributed by atoms with Crippen LogP contribution in [0.4, 0.5) is 0 Å². The standard InChI is InChI=1S/C19H26BN3O6S/c21-14(10-24)18(25)23-5-3-22(4-6-23)7-8-30-15-2-1-11-12-9-13(12)20(28)29-17(11)16(15)19(26)27/h1-2,12-14,24,28H,3-10,21H2,(H,26,27)/t12?,13?,14-/m1/s1. The van der Waals surface area contributed by atoms with Crippen molar-refractivity contribution >= 4 is 30.8 Å². The van der Waals surface area contributed by atoms with Crippen LogP contribution in [0.1, 0.15) is 28.3 Å². The molecular weight excluding hydrogens is 409 g/mol. The lowest BCUT2D eigenvalue weighted by atomic mass is 9.77. The van der Waals surface area contributed by atoms with Crippen LogP contribution >= 0.6 is 11.8 Å². The molecule has 1 saturated carbocycles. The van der Waals surface area contributed by atoms with E-state index in [0.29, 0.717) is 42.6 Å². The number of nitrogens with two attached hydrogens (primary N) is 1. The molecule has 1 aliphatic carbocycles. The number of hydrogen-bond acceptors (Lipinski definition) is 8. The molecule has 2 aliphatic heterocycles. The van der Waals surface area contributed by atoms with Gasteiger partial charge in [0.2, 0.25) is 5.91 Å². The maximum absolute atomic E-state index is 12.0. The van der Waals surface area contributed by atoms with Gasteiger partial charge in [0, 0.05) is 49.2 Å². The van der Waals surface area contributed by atoms with Crippen molar-refractivity contribution in [2.75, 3.05) is 45.1 Å². The summed E-state index contributed by atoms with van der Waals surface area (Å²) in [4.78, 5) is 28.5. The van der Waals surface area contributed by atoms with Crippen molar-refractivity contribution in [3.05, 3.63) is 23.3 Å². The van der Waals surface area contributed by atoms with Crippen LogP contribution in [-0.4, -0.2) is 95.2 Å². The number of thioether (sulfide) groups is 1. The van der Waals surface area contributed by atoms with E-state index in [1.54, 1.807) is 4.90 Å². The number of carboxylic acid groups (broad SMARTS) is 1. The largest absolute Gasteiger partial charge is 0.535 e. The van der Waals surface area contributed by atoms with Crippen LogP contribution < -0.4 is 10.4 Å². The molecule has 11 heteroatoms. The first-order chi connectivity index (χ1) is 14.4. The first-order valence-corrected chi connectivity index (χ1v) is 11.1. The minimum absolute atomic E-state index is 0.0788. The molecule has 1 aromatic carbocycles. The van der Waals surface area contributed by atoms with Crippen LogP contribution in [0.5, 0.6) is 5.75 Å². The predicted octanol–water partition coefficient (Wildman–Crippen LogP) is -0.329. The van der Waals surface area contributed by atoms with Gasteiger partial charge in [-0.05, 0) is 24.0 Å². The second-order valence-corrected chi connectivity index (χ2v) is 9.12. The van der Waals surface area contributed by atoms with E-state index in [1.165, 1.54) is 11.8 Å². The van der Waals surface area contributed by atoms with Gasteiger partial charge in [0.25, 0.3) is 0 Å². The monoisotopic (exact) mass is 435 g/mol. The van der Waals surface area contributed by atoms with E-state index in [4.69, 9.17) is 15.5 Å². The lowest BCUT2D eigenvalue weighted by molar-refractivity contribution is -0.135. The summed E-state index contributed by atoms with van der Waals surface area (Å²) in [6.07, 6.45) is 0.831. The summed E-state index contributed by atoms with van der Waals surface area (Å²) in [7, 11) is -0.932. The average molecular weight is 435 g/mol. The number of rotatable bonds is 7. The first-order valence-electron chi connectivity index (χ1n) is 10.2. The molecule has 3 atom stereocenters. The fraction of sp³-hybridized carbons (Fsp3) is 0.579. The molecule has 0 bridgehead atoms. The minimum Gasteiger partial charge on any atom is -0.535 e.